The molecule has 4 aromatic rings. The topological polar surface area (TPSA) is 30.5 Å². The molecule has 0 aliphatic rings. The number of hydrogen-bond acceptors (Lipinski definition) is 3. The summed E-state index contributed by atoms with van der Waals surface area (Å²) in [6.45, 7) is 1.96. The molecule has 0 heterocycles. The van der Waals surface area contributed by atoms with Crippen molar-refractivity contribution in [3.8, 4) is 11.5 Å². The van der Waals surface area contributed by atoms with E-state index in [9.17, 15) is 4.39 Å². The van der Waals surface area contributed by atoms with Gasteiger partial charge in [-0.15, -0.1) is 0 Å². The number of benzene rings is 4. The zero-order chi connectivity index (χ0) is 21.5. The lowest BCUT2D eigenvalue weighted by molar-refractivity contribution is 0.302. The molecule has 0 unspecified atom stereocenters. The van der Waals surface area contributed by atoms with Crippen LogP contribution in [0.2, 0.25) is 0 Å². The molecule has 4 aromatic carbocycles. The minimum absolute atomic E-state index is 0.240. The summed E-state index contributed by atoms with van der Waals surface area (Å²) >= 11 is 0. The lowest BCUT2D eigenvalue weighted by atomic mass is 10.0. The van der Waals surface area contributed by atoms with Gasteiger partial charge in [0.05, 0.1) is 7.11 Å². The second-order valence-electron chi connectivity index (χ2n) is 7.45. The summed E-state index contributed by atoms with van der Waals surface area (Å²) in [5.74, 6) is 1.48. The van der Waals surface area contributed by atoms with Crippen LogP contribution in [0.1, 0.15) is 16.7 Å². The molecular formula is C27H26FNO2. The molecule has 0 amide bonds. The highest BCUT2D eigenvalue weighted by molar-refractivity contribution is 5.87. The van der Waals surface area contributed by atoms with Crippen LogP contribution in [-0.4, -0.2) is 13.7 Å². The molecule has 0 aromatic heterocycles. The number of rotatable bonds is 9. The average molecular weight is 416 g/mol. The molecule has 4 heteroatoms. The highest BCUT2D eigenvalue weighted by Crippen LogP contribution is 2.29. The quantitative estimate of drug-likeness (QED) is 0.345. The summed E-state index contributed by atoms with van der Waals surface area (Å²) in [4.78, 5) is 0. The molecule has 0 fully saturated rings. The third kappa shape index (κ3) is 5.41. The van der Waals surface area contributed by atoms with Gasteiger partial charge in [-0.1, -0.05) is 54.6 Å². The van der Waals surface area contributed by atoms with Crippen LogP contribution in [0.3, 0.4) is 0 Å². The van der Waals surface area contributed by atoms with E-state index in [-0.39, 0.29) is 5.82 Å². The molecule has 0 aliphatic carbocycles. The molecule has 0 bridgehead atoms. The van der Waals surface area contributed by atoms with E-state index in [1.165, 1.54) is 28.5 Å². The Kier molecular flexibility index (Phi) is 6.80. The lowest BCUT2D eigenvalue weighted by Crippen LogP contribution is -2.17. The summed E-state index contributed by atoms with van der Waals surface area (Å²) in [6, 6.07) is 27.0. The number of nitrogens with one attached hydrogen (secondary N) is 1. The first kappa shape index (κ1) is 20.9. The predicted molar refractivity (Wildman–Crippen MR) is 123 cm³/mol. The van der Waals surface area contributed by atoms with Gasteiger partial charge in [-0.25, -0.2) is 4.39 Å². The van der Waals surface area contributed by atoms with E-state index in [0.717, 1.165) is 35.6 Å². The van der Waals surface area contributed by atoms with E-state index in [1.54, 1.807) is 19.2 Å². The Morgan fingerprint density at radius 1 is 0.806 bits per heavy atom. The van der Waals surface area contributed by atoms with Gasteiger partial charge in [0.1, 0.15) is 23.9 Å². The number of methoxy groups -OCH3 is 1. The first-order valence-corrected chi connectivity index (χ1v) is 10.4. The number of fused-ring (bicyclic) bond motifs is 1. The fourth-order valence-electron chi connectivity index (χ4n) is 3.61. The first-order valence-electron chi connectivity index (χ1n) is 10.4. The Balaban J connectivity index is 1.45. The van der Waals surface area contributed by atoms with Crippen LogP contribution in [0.5, 0.6) is 11.5 Å². The average Bonchev–Trinajstić information content (AvgIpc) is 2.82. The van der Waals surface area contributed by atoms with Gasteiger partial charge in [0.25, 0.3) is 0 Å². The smallest absolute Gasteiger partial charge is 0.124 e. The summed E-state index contributed by atoms with van der Waals surface area (Å²) in [6.07, 6.45) is 0.931. The van der Waals surface area contributed by atoms with Crippen LogP contribution in [0.15, 0.2) is 84.9 Å². The molecule has 1 N–H and O–H groups in total. The summed E-state index contributed by atoms with van der Waals surface area (Å²) in [5.41, 5.74) is 3.34. The van der Waals surface area contributed by atoms with Gasteiger partial charge in [-0.2, -0.15) is 0 Å². The van der Waals surface area contributed by atoms with E-state index < -0.39 is 0 Å². The molecule has 0 saturated carbocycles. The molecule has 0 saturated heterocycles. The van der Waals surface area contributed by atoms with Crippen LogP contribution >= 0.6 is 0 Å². The summed E-state index contributed by atoms with van der Waals surface area (Å²) < 4.78 is 24.5. The normalized spacial score (nSPS) is 10.9. The summed E-state index contributed by atoms with van der Waals surface area (Å²) in [7, 11) is 1.68. The molecule has 0 spiro atoms. The van der Waals surface area contributed by atoms with Gasteiger partial charge in [0.2, 0.25) is 0 Å². The molecule has 31 heavy (non-hydrogen) atoms. The van der Waals surface area contributed by atoms with Crippen molar-refractivity contribution in [1.29, 1.82) is 0 Å². The van der Waals surface area contributed by atoms with Gasteiger partial charge in [-0.05, 0) is 65.2 Å². The minimum Gasteiger partial charge on any atom is -0.497 e. The maximum atomic E-state index is 13.2. The highest BCUT2D eigenvalue weighted by Gasteiger charge is 2.09. The fraction of sp³-hybridized carbons (Fsp3) is 0.185. The monoisotopic (exact) mass is 415 g/mol. The largest absolute Gasteiger partial charge is 0.497 e. The predicted octanol–water partition coefficient (Wildman–Crippen LogP) is 5.90. The number of ether oxygens (including phenoxy) is 2. The molecule has 0 aliphatic heterocycles. The molecular weight excluding hydrogens is 389 g/mol. The Labute approximate surface area is 182 Å². The molecule has 0 radical (unpaired) electrons. The van der Waals surface area contributed by atoms with Crippen molar-refractivity contribution in [3.63, 3.8) is 0 Å². The van der Waals surface area contributed by atoms with Crippen molar-refractivity contribution in [1.82, 2.24) is 5.32 Å². The Bertz CT molecular complexity index is 1120. The first-order chi connectivity index (χ1) is 15.2. The molecule has 158 valence electrons. The van der Waals surface area contributed by atoms with Gasteiger partial charge in [-0.3, -0.25) is 0 Å². The van der Waals surface area contributed by atoms with E-state index in [1.807, 2.05) is 30.3 Å². The van der Waals surface area contributed by atoms with E-state index in [4.69, 9.17) is 9.47 Å². The minimum atomic E-state index is -0.240. The fourth-order valence-corrected chi connectivity index (χ4v) is 3.61. The van der Waals surface area contributed by atoms with Crippen molar-refractivity contribution < 1.29 is 13.9 Å². The van der Waals surface area contributed by atoms with Crippen LogP contribution in [0, 0.1) is 5.82 Å². The Morgan fingerprint density at radius 2 is 1.55 bits per heavy atom. The van der Waals surface area contributed by atoms with Gasteiger partial charge in [0.15, 0.2) is 0 Å². The second kappa shape index (κ2) is 10.1. The van der Waals surface area contributed by atoms with Crippen LogP contribution in [0.4, 0.5) is 4.39 Å². The zero-order valence-electron chi connectivity index (χ0n) is 17.6. The van der Waals surface area contributed by atoms with Crippen molar-refractivity contribution in [2.45, 2.75) is 19.6 Å². The zero-order valence-corrected chi connectivity index (χ0v) is 17.6. The van der Waals surface area contributed by atoms with E-state index in [2.05, 4.69) is 35.6 Å². The van der Waals surface area contributed by atoms with Crippen LogP contribution in [-0.2, 0) is 19.6 Å². The van der Waals surface area contributed by atoms with Crippen molar-refractivity contribution in [2.24, 2.45) is 0 Å². The van der Waals surface area contributed by atoms with Crippen LogP contribution in [0.25, 0.3) is 10.8 Å². The van der Waals surface area contributed by atoms with E-state index in [0.29, 0.717) is 13.2 Å². The van der Waals surface area contributed by atoms with Gasteiger partial charge < -0.3 is 14.8 Å². The third-order valence-electron chi connectivity index (χ3n) is 5.36. The standard InChI is InChI=1S/C27H26FNO2/c1-30-24-13-8-20(9-14-24)16-17-29-18-26-25-5-3-2-4-22(25)10-15-27(26)31-19-21-6-11-23(28)12-7-21/h2-15,29H,16-19H2,1H3. The molecule has 0 atom stereocenters. The lowest BCUT2D eigenvalue weighted by Gasteiger charge is -2.15. The summed E-state index contributed by atoms with van der Waals surface area (Å²) in [5, 5.41) is 5.92. The van der Waals surface area contributed by atoms with Crippen molar-refractivity contribution in [2.75, 3.05) is 13.7 Å². The van der Waals surface area contributed by atoms with Gasteiger partial charge in [0, 0.05) is 12.1 Å². The molecule has 4 rings (SSSR count). The maximum absolute atomic E-state index is 13.2. The van der Waals surface area contributed by atoms with Crippen molar-refractivity contribution >= 4 is 10.8 Å². The Hall–Kier alpha value is -3.37. The van der Waals surface area contributed by atoms with Gasteiger partial charge >= 0.3 is 0 Å². The van der Waals surface area contributed by atoms with Crippen molar-refractivity contribution in [3.05, 3.63) is 107 Å². The Morgan fingerprint density at radius 3 is 2.32 bits per heavy atom. The third-order valence-corrected chi connectivity index (χ3v) is 5.36. The number of halogens is 1. The molecule has 3 nitrogen and oxygen atoms in total. The SMILES string of the molecule is COc1ccc(CCNCc2c(OCc3ccc(F)cc3)ccc3ccccc23)cc1. The van der Waals surface area contributed by atoms with Crippen LogP contribution < -0.4 is 14.8 Å². The maximum Gasteiger partial charge on any atom is 0.124 e. The van der Waals surface area contributed by atoms with E-state index >= 15 is 0 Å². The second-order valence-corrected chi connectivity index (χ2v) is 7.45. The number of hydrogen-bond donors (Lipinski definition) is 1. The highest BCUT2D eigenvalue weighted by atomic mass is 19.1.